The van der Waals surface area contributed by atoms with Gasteiger partial charge in [0.15, 0.2) is 5.82 Å². The third-order valence-corrected chi connectivity index (χ3v) is 5.62. The maximum absolute atomic E-state index is 12.2. The highest BCUT2D eigenvalue weighted by Gasteiger charge is 2.28. The topological polar surface area (TPSA) is 87.2 Å². The molecule has 0 unspecified atom stereocenters. The molecule has 136 valence electrons. The first-order chi connectivity index (χ1) is 12.6. The molecule has 1 atom stereocenters. The molecule has 3 heterocycles. The zero-order valence-electron chi connectivity index (χ0n) is 14.0. The summed E-state index contributed by atoms with van der Waals surface area (Å²) >= 11 is 7.27. The Morgan fingerprint density at radius 3 is 2.88 bits per heavy atom. The second kappa shape index (κ2) is 7.28. The van der Waals surface area contributed by atoms with E-state index in [2.05, 4.69) is 25.5 Å². The van der Waals surface area contributed by atoms with E-state index in [0.717, 1.165) is 54.4 Å². The highest BCUT2D eigenvalue weighted by molar-refractivity contribution is 8.14. The van der Waals surface area contributed by atoms with Gasteiger partial charge in [0.25, 0.3) is 5.24 Å². The lowest BCUT2D eigenvalue weighted by molar-refractivity contribution is -0.122. The molecular weight excluding hydrogens is 374 g/mol. The summed E-state index contributed by atoms with van der Waals surface area (Å²) in [5, 5.41) is 6.86. The molecule has 2 fully saturated rings. The zero-order chi connectivity index (χ0) is 18.1. The van der Waals surface area contributed by atoms with Crippen LogP contribution in [0.25, 0.3) is 10.9 Å². The Bertz CT molecular complexity index is 872. The second-order valence-electron chi connectivity index (χ2n) is 6.33. The fourth-order valence-electron chi connectivity index (χ4n) is 3.20. The lowest BCUT2D eigenvalue weighted by Crippen LogP contribution is -2.42. The van der Waals surface area contributed by atoms with Crippen molar-refractivity contribution in [3.8, 4) is 0 Å². The van der Waals surface area contributed by atoms with Gasteiger partial charge in [-0.25, -0.2) is 9.97 Å². The Labute approximate surface area is 159 Å². The molecule has 1 aromatic heterocycles. The van der Waals surface area contributed by atoms with Crippen LogP contribution >= 0.6 is 23.4 Å². The van der Waals surface area contributed by atoms with Crippen LogP contribution in [0.1, 0.15) is 18.7 Å². The number of nitrogens with zero attached hydrogens (tertiary/aromatic N) is 3. The first kappa shape index (κ1) is 17.4. The van der Waals surface area contributed by atoms with Gasteiger partial charge in [0.2, 0.25) is 5.91 Å². The summed E-state index contributed by atoms with van der Waals surface area (Å²) in [5.41, 5.74) is 0.806. The van der Waals surface area contributed by atoms with Gasteiger partial charge in [0.1, 0.15) is 11.9 Å². The van der Waals surface area contributed by atoms with Gasteiger partial charge in [-0.15, -0.1) is 0 Å². The first-order valence-corrected chi connectivity index (χ1v) is 9.88. The van der Waals surface area contributed by atoms with Crippen molar-refractivity contribution in [2.24, 2.45) is 0 Å². The summed E-state index contributed by atoms with van der Waals surface area (Å²) in [6.45, 7) is 2.13. The number of hydrogen-bond acceptors (Lipinski definition) is 6. The van der Waals surface area contributed by atoms with E-state index >= 15 is 0 Å². The minimum atomic E-state index is -0.496. The molecule has 2 saturated heterocycles. The van der Waals surface area contributed by atoms with E-state index in [-0.39, 0.29) is 17.7 Å². The summed E-state index contributed by atoms with van der Waals surface area (Å²) in [6, 6.07) is 5.07. The van der Waals surface area contributed by atoms with Gasteiger partial charge in [-0.2, -0.15) is 0 Å². The number of fused-ring (bicyclic) bond motifs is 1. The van der Waals surface area contributed by atoms with E-state index in [1.807, 2.05) is 12.1 Å². The maximum Gasteiger partial charge on any atom is 0.279 e. The van der Waals surface area contributed by atoms with Gasteiger partial charge in [0.05, 0.1) is 12.1 Å². The quantitative estimate of drug-likeness (QED) is 0.831. The van der Waals surface area contributed by atoms with Crippen LogP contribution in [0.5, 0.6) is 0 Å². The number of hydrogen-bond donors (Lipinski definition) is 2. The van der Waals surface area contributed by atoms with Gasteiger partial charge < -0.3 is 15.5 Å². The molecule has 0 spiro atoms. The van der Waals surface area contributed by atoms with Crippen molar-refractivity contribution in [2.45, 2.75) is 25.4 Å². The summed E-state index contributed by atoms with van der Waals surface area (Å²) < 4.78 is 0. The van der Waals surface area contributed by atoms with Crippen LogP contribution in [-0.2, 0) is 11.3 Å². The Kier molecular flexibility index (Phi) is 4.86. The van der Waals surface area contributed by atoms with Crippen LogP contribution in [-0.4, -0.2) is 46.0 Å². The number of anilines is 1. The molecule has 26 heavy (non-hydrogen) atoms. The third-order valence-electron chi connectivity index (χ3n) is 4.50. The molecular formula is C17H18ClN5O2S. The molecule has 0 saturated carbocycles. The summed E-state index contributed by atoms with van der Waals surface area (Å²) in [4.78, 5) is 34.9. The zero-order valence-corrected chi connectivity index (χ0v) is 15.6. The number of carbonyl (C=O) groups is 2. The van der Waals surface area contributed by atoms with Gasteiger partial charge >= 0.3 is 0 Å². The molecule has 4 rings (SSSR count). The Morgan fingerprint density at radius 1 is 1.35 bits per heavy atom. The molecule has 2 aliphatic heterocycles. The highest BCUT2D eigenvalue weighted by atomic mass is 35.5. The van der Waals surface area contributed by atoms with Gasteiger partial charge in [-0.3, -0.25) is 9.59 Å². The average molecular weight is 392 g/mol. The Hall–Kier alpha value is -2.06. The fourth-order valence-corrected chi connectivity index (χ4v) is 4.15. The monoisotopic (exact) mass is 391 g/mol. The Balaban J connectivity index is 1.58. The van der Waals surface area contributed by atoms with Crippen LogP contribution in [0.2, 0.25) is 5.02 Å². The molecule has 0 radical (unpaired) electrons. The molecule has 0 bridgehead atoms. The predicted molar refractivity (Wildman–Crippen MR) is 103 cm³/mol. The van der Waals surface area contributed by atoms with E-state index in [1.54, 1.807) is 6.07 Å². The van der Waals surface area contributed by atoms with Crippen molar-refractivity contribution in [1.82, 2.24) is 20.6 Å². The number of carbonyl (C=O) groups excluding carboxylic acids is 2. The molecule has 2 amide bonds. The summed E-state index contributed by atoms with van der Waals surface area (Å²) in [5.74, 6) is 1.64. The number of aromatic nitrogens is 2. The number of rotatable bonds is 4. The van der Waals surface area contributed by atoms with Crippen LogP contribution in [0.3, 0.4) is 0 Å². The molecule has 9 heteroatoms. The summed E-state index contributed by atoms with van der Waals surface area (Å²) in [6.07, 6.45) is 2.27. The normalized spacial score (nSPS) is 19.8. The minimum Gasteiger partial charge on any atom is -0.356 e. The third kappa shape index (κ3) is 3.57. The largest absolute Gasteiger partial charge is 0.356 e. The fraction of sp³-hybridized carbons (Fsp3) is 0.412. The minimum absolute atomic E-state index is 0.166. The van der Waals surface area contributed by atoms with E-state index in [0.29, 0.717) is 16.6 Å². The highest BCUT2D eigenvalue weighted by Crippen LogP contribution is 2.29. The van der Waals surface area contributed by atoms with Crippen LogP contribution in [0.4, 0.5) is 10.6 Å². The van der Waals surface area contributed by atoms with Crippen molar-refractivity contribution in [3.05, 3.63) is 29.0 Å². The molecule has 0 aliphatic carbocycles. The van der Waals surface area contributed by atoms with Crippen molar-refractivity contribution in [2.75, 3.05) is 23.7 Å². The number of benzene rings is 1. The molecule has 2 aliphatic rings. The van der Waals surface area contributed by atoms with E-state index in [1.165, 1.54) is 0 Å². The van der Waals surface area contributed by atoms with Crippen molar-refractivity contribution in [1.29, 1.82) is 0 Å². The van der Waals surface area contributed by atoms with Crippen LogP contribution in [0, 0.1) is 0 Å². The number of nitrogens with one attached hydrogen (secondary N) is 2. The summed E-state index contributed by atoms with van der Waals surface area (Å²) in [7, 11) is 0. The lowest BCUT2D eigenvalue weighted by Gasteiger charge is -2.19. The molecule has 7 nitrogen and oxygen atoms in total. The van der Waals surface area contributed by atoms with E-state index in [9.17, 15) is 9.59 Å². The lowest BCUT2D eigenvalue weighted by atomic mass is 10.2. The molecule has 1 aromatic carbocycles. The van der Waals surface area contributed by atoms with Crippen LogP contribution < -0.4 is 15.5 Å². The van der Waals surface area contributed by atoms with E-state index in [4.69, 9.17) is 11.6 Å². The average Bonchev–Trinajstić information content (AvgIpc) is 3.31. The van der Waals surface area contributed by atoms with Crippen LogP contribution in [0.15, 0.2) is 18.2 Å². The number of amides is 2. The van der Waals surface area contributed by atoms with E-state index < -0.39 is 6.04 Å². The Morgan fingerprint density at radius 2 is 2.15 bits per heavy atom. The van der Waals surface area contributed by atoms with Gasteiger partial charge in [-0.1, -0.05) is 23.4 Å². The predicted octanol–water partition coefficient (Wildman–Crippen LogP) is 2.32. The molecule has 2 N–H and O–H groups in total. The number of thioether (sulfide) groups is 1. The van der Waals surface area contributed by atoms with Gasteiger partial charge in [0, 0.05) is 29.3 Å². The van der Waals surface area contributed by atoms with Crippen molar-refractivity contribution >= 4 is 51.2 Å². The second-order valence-corrected chi connectivity index (χ2v) is 7.76. The standard InChI is InChI=1S/C17H18ClN5O2S/c18-10-3-4-12-11(7-10)15(23-5-1-2-6-23)22-14(20-12)8-19-16(24)13-9-26-17(25)21-13/h3-4,7,13H,1-2,5-6,8-9H2,(H,19,24)(H,21,25)/t13-/m0/s1. The smallest absolute Gasteiger partial charge is 0.279 e. The van der Waals surface area contributed by atoms with Crippen molar-refractivity contribution in [3.63, 3.8) is 0 Å². The maximum atomic E-state index is 12.2. The number of halogens is 1. The van der Waals surface area contributed by atoms with Crippen molar-refractivity contribution < 1.29 is 9.59 Å². The molecule has 2 aromatic rings. The van der Waals surface area contributed by atoms with Gasteiger partial charge in [-0.05, 0) is 31.0 Å². The first-order valence-electron chi connectivity index (χ1n) is 8.52. The SMILES string of the molecule is O=C1N[C@H](C(=O)NCc2nc(N3CCCC3)c3cc(Cl)ccc3n2)CS1.